The van der Waals surface area contributed by atoms with Gasteiger partial charge < -0.3 is 5.11 Å². The maximum Gasteiger partial charge on any atom is 0.243 e. The van der Waals surface area contributed by atoms with Crippen LogP contribution in [0.2, 0.25) is 0 Å². The van der Waals surface area contributed by atoms with Crippen LogP contribution in [0.3, 0.4) is 0 Å². The van der Waals surface area contributed by atoms with Crippen LogP contribution in [0.4, 0.5) is 4.39 Å². The molecule has 1 aromatic rings. The molecule has 4 nitrogen and oxygen atoms in total. The molecule has 0 aromatic heterocycles. The standard InChI is InChI=1S/C13H18FNO3S/c1-9(10-3-4-10)15(2)19(17,18)13-7-12(14)6-5-11(13)8-16/h5-7,9-10,16H,3-4,8H2,1-2H3. The Balaban J connectivity index is 2.40. The van der Waals surface area contributed by atoms with Crippen molar-refractivity contribution in [3.63, 3.8) is 0 Å². The van der Waals surface area contributed by atoms with Crippen LogP contribution in [0.5, 0.6) is 0 Å². The lowest BCUT2D eigenvalue weighted by Gasteiger charge is -2.25. The van der Waals surface area contributed by atoms with Gasteiger partial charge in [0.2, 0.25) is 10.0 Å². The molecule has 0 spiro atoms. The van der Waals surface area contributed by atoms with Crippen LogP contribution in [-0.4, -0.2) is 30.9 Å². The van der Waals surface area contributed by atoms with Gasteiger partial charge >= 0.3 is 0 Å². The molecule has 19 heavy (non-hydrogen) atoms. The van der Waals surface area contributed by atoms with Gasteiger partial charge in [-0.25, -0.2) is 12.8 Å². The first-order chi connectivity index (χ1) is 8.87. The Morgan fingerprint density at radius 1 is 1.47 bits per heavy atom. The van der Waals surface area contributed by atoms with Gasteiger partial charge in [0.15, 0.2) is 0 Å². The Kier molecular flexibility index (Phi) is 3.94. The molecule has 106 valence electrons. The van der Waals surface area contributed by atoms with E-state index in [0.29, 0.717) is 5.92 Å². The van der Waals surface area contributed by atoms with Gasteiger partial charge in [0, 0.05) is 13.1 Å². The molecule has 2 rings (SSSR count). The molecule has 0 radical (unpaired) electrons. The number of nitrogens with zero attached hydrogens (tertiary/aromatic N) is 1. The maximum atomic E-state index is 13.3. The van der Waals surface area contributed by atoms with E-state index in [1.807, 2.05) is 6.92 Å². The molecule has 1 unspecified atom stereocenters. The minimum atomic E-state index is -3.78. The second-order valence-electron chi connectivity index (χ2n) is 5.01. The van der Waals surface area contributed by atoms with E-state index in [-0.39, 0.29) is 16.5 Å². The van der Waals surface area contributed by atoms with E-state index in [4.69, 9.17) is 0 Å². The topological polar surface area (TPSA) is 57.6 Å². The molecule has 0 amide bonds. The highest BCUT2D eigenvalue weighted by atomic mass is 32.2. The van der Waals surface area contributed by atoms with Gasteiger partial charge in [-0.3, -0.25) is 0 Å². The Morgan fingerprint density at radius 2 is 2.11 bits per heavy atom. The second-order valence-corrected chi connectivity index (χ2v) is 6.98. The highest BCUT2D eigenvalue weighted by molar-refractivity contribution is 7.89. The average molecular weight is 287 g/mol. The summed E-state index contributed by atoms with van der Waals surface area (Å²) < 4.78 is 39.5. The first-order valence-electron chi connectivity index (χ1n) is 6.25. The number of hydrogen-bond acceptors (Lipinski definition) is 3. The SMILES string of the molecule is CC(C1CC1)N(C)S(=O)(=O)c1cc(F)ccc1CO. The summed E-state index contributed by atoms with van der Waals surface area (Å²) >= 11 is 0. The summed E-state index contributed by atoms with van der Waals surface area (Å²) in [5, 5.41) is 9.21. The molecular formula is C13H18FNO3S. The number of rotatable bonds is 5. The molecule has 0 aliphatic heterocycles. The lowest BCUT2D eigenvalue weighted by molar-refractivity contribution is 0.277. The second kappa shape index (κ2) is 5.19. The zero-order valence-corrected chi connectivity index (χ0v) is 11.8. The minimum absolute atomic E-state index is 0.111. The Bertz CT molecular complexity index is 569. The van der Waals surface area contributed by atoms with Gasteiger partial charge in [0.05, 0.1) is 11.5 Å². The fourth-order valence-electron chi connectivity index (χ4n) is 2.15. The van der Waals surface area contributed by atoms with Gasteiger partial charge in [-0.15, -0.1) is 0 Å². The Morgan fingerprint density at radius 3 is 2.63 bits per heavy atom. The molecular weight excluding hydrogens is 269 g/mol. The molecule has 1 saturated carbocycles. The van der Waals surface area contributed by atoms with Gasteiger partial charge in [0.1, 0.15) is 5.82 Å². The summed E-state index contributed by atoms with van der Waals surface area (Å²) in [6.07, 6.45) is 2.05. The molecule has 0 bridgehead atoms. The van der Waals surface area contributed by atoms with E-state index >= 15 is 0 Å². The quantitative estimate of drug-likeness (QED) is 0.897. The predicted octanol–water partition coefficient (Wildman–Crippen LogP) is 1.74. The fourth-order valence-corrected chi connectivity index (χ4v) is 3.79. The van der Waals surface area contributed by atoms with E-state index in [2.05, 4.69) is 0 Å². The van der Waals surface area contributed by atoms with Crippen molar-refractivity contribution in [1.82, 2.24) is 4.31 Å². The molecule has 0 heterocycles. The van der Waals surface area contributed by atoms with Gasteiger partial charge in [-0.05, 0) is 43.4 Å². The van der Waals surface area contributed by atoms with Crippen molar-refractivity contribution in [3.05, 3.63) is 29.6 Å². The van der Waals surface area contributed by atoms with Crippen molar-refractivity contribution in [3.8, 4) is 0 Å². The van der Waals surface area contributed by atoms with Gasteiger partial charge in [0.25, 0.3) is 0 Å². The number of aliphatic hydroxyl groups excluding tert-OH is 1. The average Bonchev–Trinajstić information content (AvgIpc) is 3.21. The van der Waals surface area contributed by atoms with E-state index in [1.54, 1.807) is 0 Å². The van der Waals surface area contributed by atoms with Crippen LogP contribution in [0.1, 0.15) is 25.3 Å². The molecule has 1 aliphatic carbocycles. The largest absolute Gasteiger partial charge is 0.392 e. The zero-order valence-electron chi connectivity index (χ0n) is 11.0. The lowest BCUT2D eigenvalue weighted by Crippen LogP contribution is -2.36. The van der Waals surface area contributed by atoms with E-state index in [9.17, 15) is 17.9 Å². The van der Waals surface area contributed by atoms with Crippen LogP contribution >= 0.6 is 0 Å². The summed E-state index contributed by atoms with van der Waals surface area (Å²) in [7, 11) is -2.27. The Labute approximate surface area is 112 Å². The van der Waals surface area contributed by atoms with Crippen LogP contribution in [0.15, 0.2) is 23.1 Å². The van der Waals surface area contributed by atoms with Crippen LogP contribution in [0, 0.1) is 11.7 Å². The third-order valence-corrected chi connectivity index (χ3v) is 5.76. The van der Waals surface area contributed by atoms with E-state index < -0.39 is 22.4 Å². The third-order valence-electron chi connectivity index (χ3n) is 3.73. The lowest BCUT2D eigenvalue weighted by atomic mass is 10.2. The first kappa shape index (κ1) is 14.4. The summed E-state index contributed by atoms with van der Waals surface area (Å²) in [5.41, 5.74) is 0.219. The highest BCUT2D eigenvalue weighted by Gasteiger charge is 2.36. The van der Waals surface area contributed by atoms with Crippen LogP contribution in [-0.2, 0) is 16.6 Å². The third kappa shape index (κ3) is 2.80. The van der Waals surface area contributed by atoms with E-state index in [0.717, 1.165) is 25.0 Å². The van der Waals surface area contributed by atoms with Crippen molar-refractivity contribution in [1.29, 1.82) is 0 Å². The summed E-state index contributed by atoms with van der Waals surface area (Å²) in [4.78, 5) is -0.148. The molecule has 1 atom stereocenters. The number of sulfonamides is 1. The smallest absolute Gasteiger partial charge is 0.243 e. The summed E-state index contributed by atoms with van der Waals surface area (Å²) in [6.45, 7) is 1.42. The van der Waals surface area contributed by atoms with Crippen molar-refractivity contribution in [2.45, 2.75) is 37.3 Å². The number of aliphatic hydroxyl groups is 1. The van der Waals surface area contributed by atoms with Crippen molar-refractivity contribution >= 4 is 10.0 Å². The highest BCUT2D eigenvalue weighted by Crippen LogP contribution is 2.36. The molecule has 0 saturated heterocycles. The number of halogens is 1. The predicted molar refractivity (Wildman–Crippen MR) is 69.5 cm³/mol. The zero-order chi connectivity index (χ0) is 14.2. The monoisotopic (exact) mass is 287 g/mol. The molecule has 6 heteroatoms. The summed E-state index contributed by atoms with van der Waals surface area (Å²) in [5.74, 6) is -0.242. The van der Waals surface area contributed by atoms with E-state index in [1.165, 1.54) is 17.4 Å². The molecule has 1 aromatic carbocycles. The first-order valence-corrected chi connectivity index (χ1v) is 7.69. The maximum absolute atomic E-state index is 13.3. The normalized spacial score (nSPS) is 17.7. The van der Waals surface area contributed by atoms with Crippen LogP contribution < -0.4 is 0 Å². The van der Waals surface area contributed by atoms with Crippen LogP contribution in [0.25, 0.3) is 0 Å². The molecule has 1 aliphatic rings. The molecule has 1 N–H and O–H groups in total. The fraction of sp³-hybridized carbons (Fsp3) is 0.538. The van der Waals surface area contributed by atoms with Crippen molar-refractivity contribution < 1.29 is 17.9 Å². The molecule has 1 fully saturated rings. The Hall–Kier alpha value is -0.980. The van der Waals surface area contributed by atoms with Crippen molar-refractivity contribution in [2.24, 2.45) is 5.92 Å². The number of benzene rings is 1. The van der Waals surface area contributed by atoms with Gasteiger partial charge in [-0.2, -0.15) is 4.31 Å². The summed E-state index contributed by atoms with van der Waals surface area (Å²) in [6, 6.07) is 3.31. The minimum Gasteiger partial charge on any atom is -0.392 e. The van der Waals surface area contributed by atoms with Gasteiger partial charge in [-0.1, -0.05) is 6.07 Å². The van der Waals surface area contributed by atoms with Crippen molar-refractivity contribution in [2.75, 3.05) is 7.05 Å². The number of hydrogen-bond donors (Lipinski definition) is 1.